The number of rotatable bonds is 9. The third kappa shape index (κ3) is 6.00. The van der Waals surface area contributed by atoms with Crippen LogP contribution in [0.3, 0.4) is 0 Å². The van der Waals surface area contributed by atoms with Crippen LogP contribution >= 0.6 is 0 Å². The van der Waals surface area contributed by atoms with Crippen LogP contribution in [0.1, 0.15) is 32.8 Å². The van der Waals surface area contributed by atoms with Gasteiger partial charge in [0.2, 0.25) is 5.91 Å². The highest BCUT2D eigenvalue weighted by Gasteiger charge is 2.52. The van der Waals surface area contributed by atoms with Crippen molar-refractivity contribution >= 4 is 18.7 Å². The fourth-order valence-electron chi connectivity index (χ4n) is 5.15. The molecule has 4 rings (SSSR count). The Kier molecular flexibility index (Phi) is 8.70. The van der Waals surface area contributed by atoms with Gasteiger partial charge in [-0.3, -0.25) is 0 Å². The summed E-state index contributed by atoms with van der Waals surface area (Å²) >= 11 is 0. The fraction of sp³-hybridized carbons (Fsp3) is 0.379. The van der Waals surface area contributed by atoms with Gasteiger partial charge in [-0.25, -0.2) is 0 Å². The van der Waals surface area contributed by atoms with Crippen molar-refractivity contribution in [2.75, 3.05) is 6.61 Å². The molecule has 0 saturated carbocycles. The van der Waals surface area contributed by atoms with E-state index in [4.69, 9.17) is 19.4 Å². The molecule has 0 aromatic heterocycles. The lowest BCUT2D eigenvalue weighted by Crippen LogP contribution is -2.68. The topological polar surface area (TPSA) is 117 Å². The van der Waals surface area contributed by atoms with Gasteiger partial charge in [-0.2, -0.15) is 0 Å². The largest absolute Gasteiger partial charge is 0.405 e. The number of ether oxygens (including phenoxy) is 2. The zero-order valence-corrected chi connectivity index (χ0v) is 23.0. The van der Waals surface area contributed by atoms with Gasteiger partial charge in [0.05, 0.1) is 19.3 Å². The molecule has 1 aliphatic rings. The maximum atomic E-state index is 11.3. The standard InChI is InChI=1S/C29H35N3O5Si/c1-28(2,3)38(23-15-9-5-10-16-23,24-17-11-6-12-18-24)36-21-26-27(33)25(19-29(34,37-26)31-32-30)35-20-22-13-7-4-8-14-22/h4-18,25-27,33-34H,19-21H2,1-3H3/t25-,26-,27+,29-/m1/s1. The Morgan fingerprint density at radius 2 is 1.50 bits per heavy atom. The number of aliphatic hydroxyl groups is 2. The molecular weight excluding hydrogens is 498 g/mol. The number of azide groups is 1. The molecule has 0 unspecified atom stereocenters. The first-order valence-electron chi connectivity index (χ1n) is 12.7. The average Bonchev–Trinajstić information content (AvgIpc) is 2.91. The van der Waals surface area contributed by atoms with Gasteiger partial charge in [-0.1, -0.05) is 112 Å². The van der Waals surface area contributed by atoms with Crippen molar-refractivity contribution < 1.29 is 24.1 Å². The maximum Gasteiger partial charge on any atom is 0.261 e. The first kappa shape index (κ1) is 28.0. The van der Waals surface area contributed by atoms with Gasteiger partial charge in [0.15, 0.2) is 0 Å². The zero-order valence-electron chi connectivity index (χ0n) is 22.0. The normalized spacial score (nSPS) is 24.0. The van der Waals surface area contributed by atoms with Crippen molar-refractivity contribution in [3.63, 3.8) is 0 Å². The molecule has 1 fully saturated rings. The minimum Gasteiger partial charge on any atom is -0.405 e. The van der Waals surface area contributed by atoms with Gasteiger partial charge >= 0.3 is 0 Å². The second kappa shape index (κ2) is 11.8. The van der Waals surface area contributed by atoms with Crippen molar-refractivity contribution in [1.29, 1.82) is 0 Å². The van der Waals surface area contributed by atoms with E-state index in [1.54, 1.807) is 0 Å². The van der Waals surface area contributed by atoms with Crippen LogP contribution in [0.15, 0.2) is 96.1 Å². The van der Waals surface area contributed by atoms with Crippen LogP contribution in [-0.2, 0) is 20.5 Å². The lowest BCUT2D eigenvalue weighted by Gasteiger charge is -2.46. The van der Waals surface area contributed by atoms with Crippen molar-refractivity contribution in [1.82, 2.24) is 0 Å². The van der Waals surface area contributed by atoms with Crippen molar-refractivity contribution in [3.8, 4) is 0 Å². The van der Waals surface area contributed by atoms with Gasteiger partial charge in [0.25, 0.3) is 8.32 Å². The first-order valence-corrected chi connectivity index (χ1v) is 14.6. The van der Waals surface area contributed by atoms with Crippen LogP contribution in [0.5, 0.6) is 0 Å². The average molecular weight is 534 g/mol. The Labute approximate surface area is 224 Å². The number of aliphatic hydroxyl groups excluding tert-OH is 1. The molecule has 0 aliphatic carbocycles. The van der Waals surface area contributed by atoms with E-state index in [0.29, 0.717) is 0 Å². The lowest BCUT2D eigenvalue weighted by atomic mass is 9.99. The second-order valence-corrected chi connectivity index (χ2v) is 14.9. The highest BCUT2D eigenvalue weighted by molar-refractivity contribution is 6.99. The zero-order chi connectivity index (χ0) is 27.2. The van der Waals surface area contributed by atoms with Crippen molar-refractivity contribution in [2.45, 2.75) is 63.1 Å². The summed E-state index contributed by atoms with van der Waals surface area (Å²) in [5, 5.41) is 27.6. The number of benzene rings is 3. The van der Waals surface area contributed by atoms with Crippen LogP contribution in [-0.4, -0.2) is 49.4 Å². The molecule has 8 nitrogen and oxygen atoms in total. The van der Waals surface area contributed by atoms with Gasteiger partial charge in [0, 0.05) is 11.3 Å². The summed E-state index contributed by atoms with van der Waals surface area (Å²) in [6.07, 6.45) is -3.17. The van der Waals surface area contributed by atoms with E-state index in [2.05, 4.69) is 55.1 Å². The fourth-order valence-corrected chi connectivity index (χ4v) is 9.72. The van der Waals surface area contributed by atoms with Crippen LogP contribution in [0.4, 0.5) is 0 Å². The van der Waals surface area contributed by atoms with Crippen molar-refractivity contribution in [3.05, 3.63) is 107 Å². The molecule has 2 N–H and O–H groups in total. The molecule has 3 aromatic carbocycles. The molecule has 200 valence electrons. The van der Waals surface area contributed by atoms with E-state index in [1.165, 1.54) is 0 Å². The van der Waals surface area contributed by atoms with Gasteiger partial charge in [-0.05, 0) is 31.6 Å². The quantitative estimate of drug-likeness (QED) is 0.185. The van der Waals surface area contributed by atoms with E-state index in [9.17, 15) is 10.2 Å². The molecule has 1 heterocycles. The summed E-state index contributed by atoms with van der Waals surface area (Å²) in [5.41, 5.74) is 10.00. The first-order chi connectivity index (χ1) is 18.2. The van der Waals surface area contributed by atoms with Gasteiger partial charge in [-0.15, -0.1) is 0 Å². The van der Waals surface area contributed by atoms with Crippen LogP contribution < -0.4 is 10.4 Å². The molecule has 0 bridgehead atoms. The minimum atomic E-state index is -2.94. The van der Waals surface area contributed by atoms with Crippen LogP contribution in [0, 0.1) is 0 Å². The van der Waals surface area contributed by atoms with Crippen LogP contribution in [0.2, 0.25) is 5.04 Å². The summed E-state index contributed by atoms with van der Waals surface area (Å²) < 4.78 is 18.7. The molecule has 9 heteroatoms. The molecule has 0 radical (unpaired) electrons. The molecule has 4 atom stereocenters. The van der Waals surface area contributed by atoms with E-state index in [0.717, 1.165) is 15.9 Å². The third-order valence-corrected chi connectivity index (χ3v) is 12.0. The third-order valence-electron chi connectivity index (χ3n) is 6.96. The monoisotopic (exact) mass is 533 g/mol. The highest BCUT2D eigenvalue weighted by atomic mass is 28.4. The SMILES string of the molecule is CC(C)(C)[Si](OC[C@H]1O[C@@](O)(N=[N+]=[N-])C[C@@H](OCc2ccccc2)[C@@H]1O)(c1ccccc1)c1ccccc1. The Morgan fingerprint density at radius 3 is 2.00 bits per heavy atom. The number of hydrogen-bond donors (Lipinski definition) is 2. The minimum absolute atomic E-state index is 0.0388. The van der Waals surface area contributed by atoms with Crippen molar-refractivity contribution in [2.24, 2.45) is 5.11 Å². The summed E-state index contributed by atoms with van der Waals surface area (Å²) in [6.45, 7) is 6.64. The number of hydrogen-bond acceptors (Lipinski definition) is 6. The molecule has 1 saturated heterocycles. The summed E-state index contributed by atoms with van der Waals surface area (Å²) in [7, 11) is -2.94. The predicted octanol–water partition coefficient (Wildman–Crippen LogP) is 4.25. The smallest absolute Gasteiger partial charge is 0.261 e. The Hall–Kier alpha value is -3.01. The second-order valence-electron chi connectivity index (χ2n) is 10.6. The Balaban J connectivity index is 1.66. The van der Waals surface area contributed by atoms with E-state index < -0.39 is 32.5 Å². The maximum absolute atomic E-state index is 11.3. The molecule has 38 heavy (non-hydrogen) atoms. The lowest BCUT2D eigenvalue weighted by molar-refractivity contribution is -0.307. The van der Waals surface area contributed by atoms with Gasteiger partial charge in [0.1, 0.15) is 12.2 Å². The molecule has 0 amide bonds. The van der Waals surface area contributed by atoms with Crippen LogP contribution in [0.25, 0.3) is 10.4 Å². The van der Waals surface area contributed by atoms with Gasteiger partial charge < -0.3 is 24.1 Å². The predicted molar refractivity (Wildman–Crippen MR) is 148 cm³/mol. The highest BCUT2D eigenvalue weighted by Crippen LogP contribution is 2.38. The number of nitrogens with zero attached hydrogens (tertiary/aromatic N) is 3. The Bertz CT molecular complexity index is 1180. The molecule has 1 aliphatic heterocycles. The summed E-state index contributed by atoms with van der Waals surface area (Å²) in [5.74, 6) is -2.17. The van der Waals surface area contributed by atoms with E-state index in [1.807, 2.05) is 66.7 Å². The summed E-state index contributed by atoms with van der Waals surface area (Å²) in [6, 6.07) is 29.7. The Morgan fingerprint density at radius 1 is 0.974 bits per heavy atom. The van der Waals surface area contributed by atoms with E-state index in [-0.39, 0.29) is 24.7 Å². The molecule has 0 spiro atoms. The summed E-state index contributed by atoms with van der Waals surface area (Å²) in [4.78, 5) is 2.77. The molecule has 3 aromatic rings. The van der Waals surface area contributed by atoms with E-state index >= 15 is 0 Å². The molecular formula is C29H35N3O5Si.